The Morgan fingerprint density at radius 2 is 1.88 bits per heavy atom. The normalized spacial score (nSPS) is 11.0. The van der Waals surface area contributed by atoms with Crippen molar-refractivity contribution in [1.29, 1.82) is 5.26 Å². The molecule has 7 nitrogen and oxygen atoms in total. The van der Waals surface area contributed by atoms with Crippen LogP contribution in [0.4, 0.5) is 5.13 Å². The molecule has 2 aromatic carbocycles. The number of nitrogens with zero attached hydrogens (tertiary/aromatic N) is 3. The molecule has 0 saturated heterocycles. The lowest BCUT2D eigenvalue weighted by Gasteiger charge is -2.11. The molecule has 3 aromatic rings. The fraction of sp³-hybridized carbons (Fsp3) is 0.250. The molecule has 0 bridgehead atoms. The summed E-state index contributed by atoms with van der Waals surface area (Å²) in [6, 6.07) is 15.2. The first-order valence-corrected chi connectivity index (χ1v) is 11.0. The van der Waals surface area contributed by atoms with E-state index in [0.29, 0.717) is 29.7 Å². The Hall–Kier alpha value is -3.70. The van der Waals surface area contributed by atoms with Gasteiger partial charge in [-0.15, -0.1) is 10.2 Å². The van der Waals surface area contributed by atoms with E-state index in [-0.39, 0.29) is 5.57 Å². The van der Waals surface area contributed by atoms with E-state index in [0.717, 1.165) is 28.3 Å². The minimum atomic E-state index is -0.518. The Morgan fingerprint density at radius 3 is 2.56 bits per heavy atom. The van der Waals surface area contributed by atoms with Crippen molar-refractivity contribution in [2.45, 2.75) is 27.2 Å². The molecule has 0 fully saturated rings. The number of nitriles is 1. The van der Waals surface area contributed by atoms with Crippen LogP contribution in [0.1, 0.15) is 28.6 Å². The maximum Gasteiger partial charge on any atom is 0.268 e. The van der Waals surface area contributed by atoms with Gasteiger partial charge in [0.1, 0.15) is 41.4 Å². The smallest absolute Gasteiger partial charge is 0.268 e. The summed E-state index contributed by atoms with van der Waals surface area (Å²) < 4.78 is 11.5. The fourth-order valence-electron chi connectivity index (χ4n) is 2.76. The standard InChI is InChI=1S/C24H24N4O3S/c1-4-22-27-28-24(32-22)26-23(29)19(15-25)14-18-7-9-20(10-8-18)30-11-12-31-21-13-16(2)5-6-17(21)3/h5-10,13-14H,4,11-12H2,1-3H3,(H,26,28,29)/b19-14-. The quantitative estimate of drug-likeness (QED) is 0.289. The summed E-state index contributed by atoms with van der Waals surface area (Å²) in [6.45, 7) is 6.82. The highest BCUT2D eigenvalue weighted by atomic mass is 32.1. The molecule has 0 unspecified atom stereocenters. The Balaban J connectivity index is 1.53. The van der Waals surface area contributed by atoms with Crippen LogP contribution in [0.3, 0.4) is 0 Å². The molecule has 1 heterocycles. The number of hydrogen-bond acceptors (Lipinski definition) is 7. The third kappa shape index (κ3) is 6.40. The Morgan fingerprint density at radius 1 is 1.12 bits per heavy atom. The van der Waals surface area contributed by atoms with Crippen LogP contribution in [0.15, 0.2) is 48.0 Å². The topological polar surface area (TPSA) is 97.1 Å². The monoisotopic (exact) mass is 448 g/mol. The van der Waals surface area contributed by atoms with E-state index in [4.69, 9.17) is 9.47 Å². The third-order valence-electron chi connectivity index (χ3n) is 4.50. The number of carbonyl (C=O) groups excluding carboxylic acids is 1. The lowest BCUT2D eigenvalue weighted by Crippen LogP contribution is -2.13. The predicted octanol–water partition coefficient (Wildman–Crippen LogP) is 4.72. The number of anilines is 1. The van der Waals surface area contributed by atoms with Crippen molar-refractivity contribution in [3.63, 3.8) is 0 Å². The van der Waals surface area contributed by atoms with E-state index in [1.54, 1.807) is 24.3 Å². The Bertz CT molecular complexity index is 1150. The first-order chi connectivity index (χ1) is 15.5. The molecular formula is C24H24N4O3S. The number of amides is 1. The molecule has 3 rings (SSSR count). The molecule has 0 aliphatic heterocycles. The highest BCUT2D eigenvalue weighted by Crippen LogP contribution is 2.20. The lowest BCUT2D eigenvalue weighted by molar-refractivity contribution is -0.112. The van der Waals surface area contributed by atoms with Gasteiger partial charge in [-0.3, -0.25) is 10.1 Å². The summed E-state index contributed by atoms with van der Waals surface area (Å²) >= 11 is 1.29. The second-order valence-electron chi connectivity index (χ2n) is 7.01. The molecule has 164 valence electrons. The molecule has 1 aromatic heterocycles. The molecule has 1 N–H and O–H groups in total. The van der Waals surface area contributed by atoms with Gasteiger partial charge in [0.05, 0.1) is 0 Å². The highest BCUT2D eigenvalue weighted by molar-refractivity contribution is 7.15. The molecular weight excluding hydrogens is 424 g/mol. The number of rotatable bonds is 9. The van der Waals surface area contributed by atoms with Crippen LogP contribution in [-0.2, 0) is 11.2 Å². The third-order valence-corrected chi connectivity index (χ3v) is 5.48. The Labute approximate surface area is 191 Å². The minimum absolute atomic E-state index is 0.0196. The highest BCUT2D eigenvalue weighted by Gasteiger charge is 2.12. The molecule has 32 heavy (non-hydrogen) atoms. The zero-order valence-electron chi connectivity index (χ0n) is 18.2. The number of carbonyl (C=O) groups is 1. The van der Waals surface area contributed by atoms with Crippen molar-refractivity contribution in [3.05, 3.63) is 69.7 Å². The number of ether oxygens (including phenoxy) is 2. The zero-order chi connectivity index (χ0) is 22.9. The van der Waals surface area contributed by atoms with Crippen molar-refractivity contribution in [2.75, 3.05) is 18.5 Å². The average Bonchev–Trinajstić information content (AvgIpc) is 3.25. The first-order valence-electron chi connectivity index (χ1n) is 10.2. The maximum absolute atomic E-state index is 12.3. The van der Waals surface area contributed by atoms with Crippen molar-refractivity contribution in [3.8, 4) is 17.6 Å². The van der Waals surface area contributed by atoms with Gasteiger partial charge in [-0.2, -0.15) is 5.26 Å². The van der Waals surface area contributed by atoms with Crippen LogP contribution in [0.2, 0.25) is 0 Å². The van der Waals surface area contributed by atoms with Crippen LogP contribution >= 0.6 is 11.3 Å². The second-order valence-corrected chi connectivity index (χ2v) is 8.08. The van der Waals surface area contributed by atoms with Crippen molar-refractivity contribution in [2.24, 2.45) is 0 Å². The fourth-order valence-corrected chi connectivity index (χ4v) is 3.44. The molecule has 0 spiro atoms. The van der Waals surface area contributed by atoms with E-state index >= 15 is 0 Å². The largest absolute Gasteiger partial charge is 0.490 e. The first kappa shape index (κ1) is 23.0. The van der Waals surface area contributed by atoms with Gasteiger partial charge in [-0.25, -0.2) is 0 Å². The van der Waals surface area contributed by atoms with Crippen molar-refractivity contribution < 1.29 is 14.3 Å². The number of aryl methyl sites for hydroxylation is 3. The molecule has 0 saturated carbocycles. The van der Waals surface area contributed by atoms with Gasteiger partial charge in [-0.1, -0.05) is 42.5 Å². The van der Waals surface area contributed by atoms with Gasteiger partial charge in [-0.05, 0) is 61.2 Å². The van der Waals surface area contributed by atoms with Crippen LogP contribution in [-0.4, -0.2) is 29.3 Å². The van der Waals surface area contributed by atoms with E-state index in [1.807, 2.05) is 39.0 Å². The van der Waals surface area contributed by atoms with E-state index in [2.05, 4.69) is 21.6 Å². The maximum atomic E-state index is 12.3. The van der Waals surface area contributed by atoms with Crippen molar-refractivity contribution in [1.82, 2.24) is 10.2 Å². The van der Waals surface area contributed by atoms with E-state index in [1.165, 1.54) is 17.4 Å². The Kier molecular flexibility index (Phi) is 7.95. The van der Waals surface area contributed by atoms with Crippen LogP contribution in [0, 0.1) is 25.2 Å². The molecule has 0 radical (unpaired) electrons. The zero-order valence-corrected chi connectivity index (χ0v) is 19.0. The van der Waals surface area contributed by atoms with Gasteiger partial charge in [0.2, 0.25) is 5.13 Å². The van der Waals surface area contributed by atoms with E-state index < -0.39 is 5.91 Å². The number of hydrogen-bond donors (Lipinski definition) is 1. The van der Waals surface area contributed by atoms with Crippen LogP contribution in [0.25, 0.3) is 6.08 Å². The average molecular weight is 449 g/mol. The van der Waals surface area contributed by atoms with Gasteiger partial charge in [0.25, 0.3) is 5.91 Å². The van der Waals surface area contributed by atoms with Crippen molar-refractivity contribution >= 4 is 28.5 Å². The van der Waals surface area contributed by atoms with E-state index in [9.17, 15) is 10.1 Å². The molecule has 0 aliphatic rings. The van der Waals surface area contributed by atoms with Crippen LogP contribution in [0.5, 0.6) is 11.5 Å². The van der Waals surface area contributed by atoms with Gasteiger partial charge < -0.3 is 9.47 Å². The summed E-state index contributed by atoms with van der Waals surface area (Å²) in [4.78, 5) is 12.3. The molecule has 0 aliphatic carbocycles. The molecule has 8 heteroatoms. The lowest BCUT2D eigenvalue weighted by atomic mass is 10.1. The second kappa shape index (κ2) is 11.1. The van der Waals surface area contributed by atoms with Crippen LogP contribution < -0.4 is 14.8 Å². The summed E-state index contributed by atoms with van der Waals surface area (Å²) in [5.74, 6) is 1.02. The summed E-state index contributed by atoms with van der Waals surface area (Å²) in [5, 5.41) is 21.0. The summed E-state index contributed by atoms with van der Waals surface area (Å²) in [7, 11) is 0. The number of benzene rings is 2. The summed E-state index contributed by atoms with van der Waals surface area (Å²) in [5.41, 5.74) is 2.92. The number of aromatic nitrogens is 2. The van der Waals surface area contributed by atoms with Gasteiger partial charge >= 0.3 is 0 Å². The predicted molar refractivity (Wildman–Crippen MR) is 125 cm³/mol. The SMILES string of the molecule is CCc1nnc(NC(=O)/C(C#N)=C\c2ccc(OCCOc3cc(C)ccc3C)cc2)s1. The minimum Gasteiger partial charge on any atom is -0.490 e. The van der Waals surface area contributed by atoms with Gasteiger partial charge in [0, 0.05) is 0 Å². The summed E-state index contributed by atoms with van der Waals surface area (Å²) in [6.07, 6.45) is 2.26. The number of nitrogens with one attached hydrogen (secondary N) is 1. The van der Waals surface area contributed by atoms with Gasteiger partial charge in [0.15, 0.2) is 0 Å². The molecule has 1 amide bonds. The molecule has 0 atom stereocenters.